The lowest BCUT2D eigenvalue weighted by Gasteiger charge is -2.29. The number of nitrogens with one attached hydrogen (secondary N) is 3. The molecule has 1 aliphatic rings. The summed E-state index contributed by atoms with van der Waals surface area (Å²) in [6.07, 6.45) is 2.33. The van der Waals surface area contributed by atoms with Crippen molar-refractivity contribution in [2.75, 3.05) is 0 Å². The molecule has 0 heterocycles. The van der Waals surface area contributed by atoms with Gasteiger partial charge in [-0.3, -0.25) is 20.4 Å². The van der Waals surface area contributed by atoms with E-state index in [1.807, 2.05) is 20.8 Å². The monoisotopic (exact) mass is 341 g/mol. The van der Waals surface area contributed by atoms with Crippen LogP contribution in [0.15, 0.2) is 0 Å². The van der Waals surface area contributed by atoms with Crippen molar-refractivity contribution >= 4 is 17.9 Å². The van der Waals surface area contributed by atoms with Crippen LogP contribution < -0.4 is 16.2 Å². The van der Waals surface area contributed by atoms with E-state index in [0.29, 0.717) is 25.7 Å². The first-order valence-corrected chi connectivity index (χ1v) is 8.48. The molecule has 7 heteroatoms. The van der Waals surface area contributed by atoms with Crippen molar-refractivity contribution in [1.82, 2.24) is 16.2 Å². The summed E-state index contributed by atoms with van der Waals surface area (Å²) in [4.78, 5) is 35.6. The van der Waals surface area contributed by atoms with Crippen LogP contribution in [-0.2, 0) is 14.3 Å². The maximum atomic E-state index is 12.1. The summed E-state index contributed by atoms with van der Waals surface area (Å²) in [5.74, 6) is -0.554. The van der Waals surface area contributed by atoms with E-state index in [4.69, 9.17) is 4.74 Å². The predicted molar refractivity (Wildman–Crippen MR) is 90.9 cm³/mol. The lowest BCUT2D eigenvalue weighted by Crippen LogP contribution is -2.49. The van der Waals surface area contributed by atoms with Gasteiger partial charge in [0.1, 0.15) is 5.60 Å². The molecule has 24 heavy (non-hydrogen) atoms. The van der Waals surface area contributed by atoms with Crippen LogP contribution in [0, 0.1) is 11.3 Å². The number of hydrazine groups is 1. The van der Waals surface area contributed by atoms with Crippen LogP contribution >= 0.6 is 0 Å². The van der Waals surface area contributed by atoms with Crippen LogP contribution in [-0.4, -0.2) is 29.6 Å². The number of amides is 3. The highest BCUT2D eigenvalue weighted by atomic mass is 16.6. The zero-order chi connectivity index (χ0) is 18.5. The zero-order valence-corrected chi connectivity index (χ0v) is 15.6. The van der Waals surface area contributed by atoms with Gasteiger partial charge in [-0.05, 0) is 46.5 Å². The molecule has 1 fully saturated rings. The molecular weight excluding hydrogens is 310 g/mol. The van der Waals surface area contributed by atoms with Crippen LogP contribution in [0.2, 0.25) is 0 Å². The van der Waals surface area contributed by atoms with E-state index in [1.165, 1.54) is 0 Å². The summed E-state index contributed by atoms with van der Waals surface area (Å²) >= 11 is 0. The first-order valence-electron chi connectivity index (χ1n) is 8.48. The van der Waals surface area contributed by atoms with Gasteiger partial charge in [-0.1, -0.05) is 20.8 Å². The maximum Gasteiger partial charge on any atom is 0.407 e. The maximum absolute atomic E-state index is 12.1. The Kier molecular flexibility index (Phi) is 6.63. The molecule has 0 bridgehead atoms. The molecule has 3 N–H and O–H groups in total. The van der Waals surface area contributed by atoms with Crippen molar-refractivity contribution in [1.29, 1.82) is 0 Å². The minimum atomic E-state index is -0.553. The largest absolute Gasteiger partial charge is 0.444 e. The number of alkyl carbamates (subject to hydrolysis) is 1. The summed E-state index contributed by atoms with van der Waals surface area (Å²) in [6, 6.07) is 0.0214. The average molecular weight is 341 g/mol. The molecule has 0 aromatic heterocycles. The SMILES string of the molecule is CC(C)(C)OC(=O)NC1CCC(C(=O)NNC(=O)C(C)(C)C)CC1. The zero-order valence-electron chi connectivity index (χ0n) is 15.6. The summed E-state index contributed by atoms with van der Waals surface area (Å²) in [5, 5.41) is 2.84. The smallest absolute Gasteiger partial charge is 0.407 e. The first kappa shape index (κ1) is 20.3. The molecule has 0 radical (unpaired) electrons. The second kappa shape index (κ2) is 7.85. The Morgan fingerprint density at radius 1 is 0.875 bits per heavy atom. The van der Waals surface area contributed by atoms with Crippen LogP contribution in [0.4, 0.5) is 4.79 Å². The highest BCUT2D eigenvalue weighted by molar-refractivity contribution is 5.85. The Hall–Kier alpha value is -1.79. The van der Waals surface area contributed by atoms with Crippen LogP contribution in [0.25, 0.3) is 0 Å². The molecule has 0 aromatic rings. The average Bonchev–Trinajstić information content (AvgIpc) is 2.42. The molecule has 1 aliphatic carbocycles. The molecule has 1 rings (SSSR count). The Labute approximate surface area is 144 Å². The van der Waals surface area contributed by atoms with E-state index < -0.39 is 17.1 Å². The predicted octanol–water partition coefficient (Wildman–Crippen LogP) is 2.26. The van der Waals surface area contributed by atoms with Crippen molar-refractivity contribution in [2.24, 2.45) is 11.3 Å². The van der Waals surface area contributed by atoms with E-state index in [2.05, 4.69) is 16.2 Å². The van der Waals surface area contributed by atoms with E-state index in [0.717, 1.165) is 0 Å². The Bertz CT molecular complexity index is 469. The molecule has 0 atom stereocenters. The minimum Gasteiger partial charge on any atom is -0.444 e. The second-order valence-electron chi connectivity index (χ2n) is 8.39. The van der Waals surface area contributed by atoms with Gasteiger partial charge < -0.3 is 10.1 Å². The summed E-state index contributed by atoms with van der Waals surface area (Å²) in [5.41, 5.74) is 3.88. The quantitative estimate of drug-likeness (QED) is 0.671. The molecule has 0 aliphatic heterocycles. The van der Waals surface area contributed by atoms with Gasteiger partial charge in [-0.25, -0.2) is 4.79 Å². The lowest BCUT2D eigenvalue weighted by molar-refractivity contribution is -0.135. The molecule has 138 valence electrons. The van der Waals surface area contributed by atoms with Gasteiger partial charge >= 0.3 is 6.09 Å². The third-order valence-electron chi connectivity index (χ3n) is 3.80. The summed E-state index contributed by atoms with van der Waals surface area (Å²) < 4.78 is 5.23. The van der Waals surface area contributed by atoms with Gasteiger partial charge in [0, 0.05) is 17.4 Å². The first-order chi connectivity index (χ1) is 10.9. The van der Waals surface area contributed by atoms with Crippen LogP contribution in [0.5, 0.6) is 0 Å². The molecule has 0 saturated heterocycles. The number of carbonyl (C=O) groups is 3. The molecule has 0 spiro atoms. The molecule has 3 amide bonds. The third-order valence-corrected chi connectivity index (χ3v) is 3.80. The number of hydrogen-bond donors (Lipinski definition) is 3. The van der Waals surface area contributed by atoms with Gasteiger partial charge in [-0.2, -0.15) is 0 Å². The van der Waals surface area contributed by atoms with Gasteiger partial charge in [0.15, 0.2) is 0 Å². The number of carbonyl (C=O) groups excluding carboxylic acids is 3. The number of ether oxygens (including phenoxy) is 1. The molecule has 0 aromatic carbocycles. The van der Waals surface area contributed by atoms with E-state index in [-0.39, 0.29) is 23.8 Å². The highest BCUT2D eigenvalue weighted by Gasteiger charge is 2.29. The Morgan fingerprint density at radius 2 is 1.42 bits per heavy atom. The Morgan fingerprint density at radius 3 is 1.88 bits per heavy atom. The number of rotatable bonds is 2. The van der Waals surface area contributed by atoms with E-state index >= 15 is 0 Å². The van der Waals surface area contributed by atoms with Crippen molar-refractivity contribution in [3.8, 4) is 0 Å². The van der Waals surface area contributed by atoms with Crippen molar-refractivity contribution in [3.63, 3.8) is 0 Å². The van der Waals surface area contributed by atoms with E-state index in [1.54, 1.807) is 20.8 Å². The lowest BCUT2D eigenvalue weighted by atomic mass is 9.85. The fourth-order valence-electron chi connectivity index (χ4n) is 2.38. The standard InChI is InChI=1S/C17H31N3O4/c1-16(2,3)14(22)20-19-13(21)11-7-9-12(10-8-11)18-15(23)24-17(4,5)6/h11-12H,7-10H2,1-6H3,(H,18,23)(H,19,21)(H,20,22). The Balaban J connectivity index is 2.33. The van der Waals surface area contributed by atoms with Crippen LogP contribution in [0.1, 0.15) is 67.2 Å². The molecule has 0 unspecified atom stereocenters. The van der Waals surface area contributed by atoms with Crippen molar-refractivity contribution in [3.05, 3.63) is 0 Å². The molecule has 1 saturated carbocycles. The fraction of sp³-hybridized carbons (Fsp3) is 0.824. The second-order valence-corrected chi connectivity index (χ2v) is 8.39. The van der Waals surface area contributed by atoms with Crippen molar-refractivity contribution in [2.45, 2.75) is 78.9 Å². The van der Waals surface area contributed by atoms with Gasteiger partial charge in [0.05, 0.1) is 0 Å². The molecular formula is C17H31N3O4. The van der Waals surface area contributed by atoms with Crippen LogP contribution in [0.3, 0.4) is 0 Å². The summed E-state index contributed by atoms with van der Waals surface area (Å²) in [6.45, 7) is 10.8. The minimum absolute atomic E-state index is 0.0214. The van der Waals surface area contributed by atoms with Gasteiger partial charge in [0.2, 0.25) is 11.8 Å². The summed E-state index contributed by atoms with van der Waals surface area (Å²) in [7, 11) is 0. The van der Waals surface area contributed by atoms with Crippen molar-refractivity contribution < 1.29 is 19.1 Å². The van der Waals surface area contributed by atoms with Gasteiger partial charge in [0.25, 0.3) is 0 Å². The van der Waals surface area contributed by atoms with E-state index in [9.17, 15) is 14.4 Å². The number of hydrogen-bond acceptors (Lipinski definition) is 4. The third kappa shape index (κ3) is 7.19. The fourth-order valence-corrected chi connectivity index (χ4v) is 2.38. The molecule has 7 nitrogen and oxygen atoms in total. The normalized spacial score (nSPS) is 21.6. The highest BCUT2D eigenvalue weighted by Crippen LogP contribution is 2.24. The topological polar surface area (TPSA) is 96.5 Å². The van der Waals surface area contributed by atoms with Gasteiger partial charge in [-0.15, -0.1) is 0 Å².